The van der Waals surface area contributed by atoms with Crippen LogP contribution in [0.3, 0.4) is 0 Å². The molecule has 1 aromatic heterocycles. The molecule has 0 aromatic carbocycles. The summed E-state index contributed by atoms with van der Waals surface area (Å²) in [6.07, 6.45) is 3.67. The molecule has 0 atom stereocenters. The van der Waals surface area contributed by atoms with Crippen LogP contribution in [0.25, 0.3) is 0 Å². The highest BCUT2D eigenvalue weighted by Crippen LogP contribution is 2.41. The molecule has 2 rings (SSSR count). The Balaban J connectivity index is 2.25. The summed E-state index contributed by atoms with van der Waals surface area (Å²) in [7, 11) is 0. The summed E-state index contributed by atoms with van der Waals surface area (Å²) >= 11 is 1.41. The van der Waals surface area contributed by atoms with Gasteiger partial charge in [0.15, 0.2) is 0 Å². The summed E-state index contributed by atoms with van der Waals surface area (Å²) in [5.41, 5.74) is 7.01. The average Bonchev–Trinajstić information content (AvgIpc) is 2.39. The Kier molecular flexibility index (Phi) is 1.65. The van der Waals surface area contributed by atoms with E-state index in [0.717, 1.165) is 12.2 Å². The van der Waals surface area contributed by atoms with Gasteiger partial charge in [-0.25, -0.2) is 0 Å². The summed E-state index contributed by atoms with van der Waals surface area (Å²) in [4.78, 5) is 0. The highest BCUT2D eigenvalue weighted by atomic mass is 32.1. The molecule has 1 heterocycles. The van der Waals surface area contributed by atoms with Gasteiger partial charge >= 0.3 is 0 Å². The number of hydrogen-bond donors (Lipinski definition) is 1. The van der Waals surface area contributed by atoms with Crippen molar-refractivity contribution in [2.24, 2.45) is 5.73 Å². The van der Waals surface area contributed by atoms with Crippen LogP contribution < -0.4 is 5.73 Å². The number of hydrogen-bond acceptors (Lipinski definition) is 4. The molecule has 60 valence electrons. The first-order chi connectivity index (χ1) is 5.37. The summed E-state index contributed by atoms with van der Waals surface area (Å²) in [5.74, 6) is 0. The summed E-state index contributed by atoms with van der Waals surface area (Å²) in [5, 5.41) is 6.09. The minimum absolute atomic E-state index is 0.201. The second-order valence-electron chi connectivity index (χ2n) is 3.13. The number of rotatable bonds is 2. The van der Waals surface area contributed by atoms with Gasteiger partial charge in [0.1, 0.15) is 0 Å². The molecule has 0 aliphatic heterocycles. The van der Waals surface area contributed by atoms with Crippen LogP contribution in [0.15, 0.2) is 5.38 Å². The molecule has 0 saturated heterocycles. The largest absolute Gasteiger partial charge is 0.330 e. The first-order valence-corrected chi connectivity index (χ1v) is 4.69. The fourth-order valence-electron chi connectivity index (χ4n) is 1.56. The molecule has 2 N–H and O–H groups in total. The van der Waals surface area contributed by atoms with Crippen molar-refractivity contribution in [3.8, 4) is 0 Å². The average molecular weight is 169 g/mol. The maximum Gasteiger partial charge on any atom is 0.0829 e. The lowest BCUT2D eigenvalue weighted by Crippen LogP contribution is -2.41. The molecular weight excluding hydrogens is 158 g/mol. The molecule has 1 aromatic rings. The molecule has 0 bridgehead atoms. The van der Waals surface area contributed by atoms with Gasteiger partial charge in [0.2, 0.25) is 0 Å². The predicted octanol–water partition coefficient (Wildman–Crippen LogP) is 0.919. The van der Waals surface area contributed by atoms with Crippen molar-refractivity contribution in [3.05, 3.63) is 11.1 Å². The lowest BCUT2D eigenvalue weighted by Gasteiger charge is -2.38. The molecule has 0 unspecified atom stereocenters. The third kappa shape index (κ3) is 0.973. The van der Waals surface area contributed by atoms with Gasteiger partial charge in [-0.05, 0) is 24.4 Å². The predicted molar refractivity (Wildman–Crippen MR) is 44.5 cm³/mol. The van der Waals surface area contributed by atoms with Gasteiger partial charge in [-0.15, -0.1) is 5.10 Å². The third-order valence-electron chi connectivity index (χ3n) is 2.60. The maximum atomic E-state index is 5.70. The smallest absolute Gasteiger partial charge is 0.0829 e. The molecule has 4 heteroatoms. The lowest BCUT2D eigenvalue weighted by molar-refractivity contribution is 0.245. The Morgan fingerprint density at radius 1 is 1.64 bits per heavy atom. The van der Waals surface area contributed by atoms with Crippen LogP contribution in [-0.4, -0.2) is 16.1 Å². The van der Waals surface area contributed by atoms with Gasteiger partial charge in [-0.1, -0.05) is 10.9 Å². The Bertz CT molecular complexity index is 222. The Labute approximate surface area is 69.8 Å². The fourth-order valence-corrected chi connectivity index (χ4v) is 2.14. The van der Waals surface area contributed by atoms with E-state index in [4.69, 9.17) is 5.73 Å². The van der Waals surface area contributed by atoms with E-state index in [2.05, 4.69) is 9.59 Å². The lowest BCUT2D eigenvalue weighted by atomic mass is 9.67. The molecule has 3 nitrogen and oxygen atoms in total. The van der Waals surface area contributed by atoms with Crippen LogP contribution in [0, 0.1) is 0 Å². The topological polar surface area (TPSA) is 51.8 Å². The highest BCUT2D eigenvalue weighted by molar-refractivity contribution is 7.03. The number of nitrogens with two attached hydrogens (primary N) is 1. The summed E-state index contributed by atoms with van der Waals surface area (Å²) in [6.45, 7) is 0.721. The second kappa shape index (κ2) is 2.53. The van der Waals surface area contributed by atoms with Crippen LogP contribution in [0.4, 0.5) is 0 Å². The van der Waals surface area contributed by atoms with Crippen LogP contribution in [0.2, 0.25) is 0 Å². The van der Waals surface area contributed by atoms with Crippen molar-refractivity contribution in [2.45, 2.75) is 24.7 Å². The van der Waals surface area contributed by atoms with Crippen molar-refractivity contribution in [3.63, 3.8) is 0 Å². The molecule has 1 fully saturated rings. The highest BCUT2D eigenvalue weighted by Gasteiger charge is 2.39. The maximum absolute atomic E-state index is 5.70. The standard InChI is InChI=1S/C7H11N3S/c8-5-7(2-1-3-7)6-4-11-10-9-6/h4H,1-3,5,8H2. The van der Waals surface area contributed by atoms with E-state index in [1.165, 1.54) is 30.8 Å². The third-order valence-corrected chi connectivity index (χ3v) is 3.11. The van der Waals surface area contributed by atoms with Crippen molar-refractivity contribution < 1.29 is 0 Å². The first kappa shape index (κ1) is 7.18. The zero-order valence-corrected chi connectivity index (χ0v) is 7.10. The van der Waals surface area contributed by atoms with Crippen LogP contribution in [0.5, 0.6) is 0 Å². The van der Waals surface area contributed by atoms with Crippen LogP contribution >= 0.6 is 11.5 Å². The van der Waals surface area contributed by atoms with E-state index < -0.39 is 0 Å². The van der Waals surface area contributed by atoms with E-state index in [-0.39, 0.29) is 5.41 Å². The molecule has 0 radical (unpaired) electrons. The van der Waals surface area contributed by atoms with E-state index in [1.54, 1.807) is 0 Å². The van der Waals surface area contributed by atoms with Crippen molar-refractivity contribution in [2.75, 3.05) is 6.54 Å². The fraction of sp³-hybridized carbons (Fsp3) is 0.714. The van der Waals surface area contributed by atoms with Gasteiger partial charge in [-0.2, -0.15) is 0 Å². The van der Waals surface area contributed by atoms with Crippen molar-refractivity contribution in [1.29, 1.82) is 0 Å². The molecule has 1 aliphatic rings. The van der Waals surface area contributed by atoms with Gasteiger partial charge < -0.3 is 5.73 Å². The SMILES string of the molecule is NCC1(c2csnn2)CCC1. The number of aromatic nitrogens is 2. The minimum Gasteiger partial charge on any atom is -0.330 e. The van der Waals surface area contributed by atoms with Crippen LogP contribution in [-0.2, 0) is 5.41 Å². The van der Waals surface area contributed by atoms with E-state index in [0.29, 0.717) is 0 Å². The minimum atomic E-state index is 0.201. The Morgan fingerprint density at radius 2 is 2.45 bits per heavy atom. The molecule has 1 aliphatic carbocycles. The van der Waals surface area contributed by atoms with Crippen molar-refractivity contribution in [1.82, 2.24) is 9.59 Å². The molecule has 0 amide bonds. The Morgan fingerprint density at radius 3 is 2.82 bits per heavy atom. The first-order valence-electron chi connectivity index (χ1n) is 3.85. The summed E-state index contributed by atoms with van der Waals surface area (Å²) < 4.78 is 3.85. The second-order valence-corrected chi connectivity index (χ2v) is 3.74. The van der Waals surface area contributed by atoms with Gasteiger partial charge in [0.05, 0.1) is 5.69 Å². The Hall–Kier alpha value is -0.480. The van der Waals surface area contributed by atoms with Gasteiger partial charge in [0, 0.05) is 17.3 Å². The van der Waals surface area contributed by atoms with E-state index in [1.807, 2.05) is 5.38 Å². The zero-order chi connectivity index (χ0) is 7.73. The van der Waals surface area contributed by atoms with Crippen molar-refractivity contribution >= 4 is 11.5 Å². The van der Waals surface area contributed by atoms with E-state index >= 15 is 0 Å². The summed E-state index contributed by atoms with van der Waals surface area (Å²) in [6, 6.07) is 0. The molecular formula is C7H11N3S. The molecule has 1 saturated carbocycles. The number of nitrogens with zero attached hydrogens (tertiary/aromatic N) is 2. The normalized spacial score (nSPS) is 21.2. The van der Waals surface area contributed by atoms with Gasteiger partial charge in [-0.3, -0.25) is 0 Å². The molecule has 0 spiro atoms. The van der Waals surface area contributed by atoms with Crippen LogP contribution in [0.1, 0.15) is 25.0 Å². The van der Waals surface area contributed by atoms with E-state index in [9.17, 15) is 0 Å². The molecule has 11 heavy (non-hydrogen) atoms. The monoisotopic (exact) mass is 169 g/mol. The quantitative estimate of drug-likeness (QED) is 0.716. The zero-order valence-electron chi connectivity index (χ0n) is 6.29. The van der Waals surface area contributed by atoms with Gasteiger partial charge in [0.25, 0.3) is 0 Å².